The Balaban J connectivity index is 2.33. The normalized spacial score (nSPS) is 13.4. The minimum Gasteiger partial charge on any atom is -0.351 e. The van der Waals surface area contributed by atoms with Crippen molar-refractivity contribution < 1.29 is 4.79 Å². The Morgan fingerprint density at radius 1 is 1.23 bits per heavy atom. The fraction of sp³-hybridized carbons (Fsp3) is 0.562. The summed E-state index contributed by atoms with van der Waals surface area (Å²) in [7, 11) is 0. The molecule has 6 heteroatoms. The molecule has 2 aromatic heterocycles. The van der Waals surface area contributed by atoms with Gasteiger partial charge in [-0.2, -0.15) is 0 Å². The summed E-state index contributed by atoms with van der Waals surface area (Å²) in [5.41, 5.74) is 0.989. The number of thioether (sulfide) groups is 1. The summed E-state index contributed by atoms with van der Waals surface area (Å²) in [6.45, 7) is 14.0. The molecule has 1 N–H and O–H groups in total. The average Bonchev–Trinajstić information content (AvgIpc) is 2.62. The molecule has 0 fully saturated rings. The van der Waals surface area contributed by atoms with Crippen LogP contribution in [0.1, 0.15) is 44.0 Å². The summed E-state index contributed by atoms with van der Waals surface area (Å²) >= 11 is 3.19. The number of rotatable bonds is 3. The number of aromatic nitrogens is 2. The van der Waals surface area contributed by atoms with E-state index in [2.05, 4.69) is 29.1 Å². The minimum atomic E-state index is -0.225. The lowest BCUT2D eigenvalue weighted by molar-refractivity contribution is -0.121. The zero-order valence-corrected chi connectivity index (χ0v) is 15.8. The van der Waals surface area contributed by atoms with Crippen LogP contribution < -0.4 is 5.32 Å². The average molecular weight is 338 g/mol. The molecule has 4 nitrogen and oxygen atoms in total. The molecule has 1 atom stereocenters. The van der Waals surface area contributed by atoms with E-state index >= 15 is 0 Å². The first-order valence-electron chi connectivity index (χ1n) is 7.31. The number of nitrogens with zero attached hydrogens (tertiary/aromatic N) is 2. The number of carbonyl (C=O) groups is 1. The van der Waals surface area contributed by atoms with Gasteiger partial charge in [0.2, 0.25) is 5.91 Å². The Labute approximate surface area is 140 Å². The number of aryl methyl sites for hydroxylation is 3. The van der Waals surface area contributed by atoms with E-state index in [1.54, 1.807) is 11.3 Å². The van der Waals surface area contributed by atoms with Gasteiger partial charge in [-0.15, -0.1) is 11.3 Å². The molecule has 0 aliphatic rings. The molecule has 0 aromatic carbocycles. The molecule has 0 aliphatic carbocycles. The van der Waals surface area contributed by atoms with E-state index < -0.39 is 0 Å². The summed E-state index contributed by atoms with van der Waals surface area (Å²) in [5.74, 6) is 0.784. The molecule has 0 saturated carbocycles. The van der Waals surface area contributed by atoms with Crippen LogP contribution in [-0.4, -0.2) is 26.7 Å². The lowest BCUT2D eigenvalue weighted by Crippen LogP contribution is -2.44. The van der Waals surface area contributed by atoms with Gasteiger partial charge >= 0.3 is 0 Å². The van der Waals surface area contributed by atoms with Crippen LogP contribution in [0.25, 0.3) is 10.2 Å². The topological polar surface area (TPSA) is 54.9 Å². The first-order valence-corrected chi connectivity index (χ1v) is 9.01. The zero-order chi connectivity index (χ0) is 16.7. The van der Waals surface area contributed by atoms with Gasteiger partial charge < -0.3 is 5.32 Å². The van der Waals surface area contributed by atoms with Crippen molar-refractivity contribution in [3.05, 3.63) is 16.3 Å². The van der Waals surface area contributed by atoms with Crippen molar-refractivity contribution in [3.8, 4) is 0 Å². The Morgan fingerprint density at radius 3 is 2.45 bits per heavy atom. The minimum absolute atomic E-state index is 0.0338. The van der Waals surface area contributed by atoms with Gasteiger partial charge in [-0.3, -0.25) is 4.79 Å². The molecule has 0 spiro atoms. The largest absolute Gasteiger partial charge is 0.351 e. The fourth-order valence-electron chi connectivity index (χ4n) is 2.09. The SMILES string of the molecule is Cc1nc(SC(C)C(=O)NC(C)(C)C)c2c(C)c(C)sc2n1. The number of hydrogen-bond acceptors (Lipinski definition) is 5. The molecular weight excluding hydrogens is 314 g/mol. The van der Waals surface area contributed by atoms with E-state index in [4.69, 9.17) is 0 Å². The van der Waals surface area contributed by atoms with Crippen LogP contribution in [0, 0.1) is 20.8 Å². The van der Waals surface area contributed by atoms with Crippen LogP contribution in [0.2, 0.25) is 0 Å². The van der Waals surface area contributed by atoms with Crippen LogP contribution in [0.5, 0.6) is 0 Å². The standard InChI is InChI=1S/C16H23N3OS2/c1-8-9(2)21-14-12(8)15(18-11(4)17-14)22-10(3)13(20)19-16(5,6)7/h10H,1-7H3,(H,19,20). The Kier molecular flexibility index (Phi) is 4.82. The predicted molar refractivity (Wildman–Crippen MR) is 94.8 cm³/mol. The summed E-state index contributed by atoms with van der Waals surface area (Å²) < 4.78 is 0. The quantitative estimate of drug-likeness (QED) is 0.679. The number of thiophene rings is 1. The predicted octanol–water partition coefficient (Wildman–Crippen LogP) is 4.01. The van der Waals surface area contributed by atoms with Crippen molar-refractivity contribution in [2.45, 2.75) is 64.3 Å². The molecule has 120 valence electrons. The number of nitrogens with one attached hydrogen (secondary N) is 1. The molecule has 22 heavy (non-hydrogen) atoms. The van der Waals surface area contributed by atoms with E-state index in [0.717, 1.165) is 21.1 Å². The molecule has 1 unspecified atom stereocenters. The molecule has 0 saturated heterocycles. The highest BCUT2D eigenvalue weighted by Crippen LogP contribution is 2.36. The van der Waals surface area contributed by atoms with Gasteiger partial charge in [-0.05, 0) is 54.0 Å². The maximum absolute atomic E-state index is 12.3. The zero-order valence-electron chi connectivity index (χ0n) is 14.2. The van der Waals surface area contributed by atoms with E-state index in [0.29, 0.717) is 0 Å². The first-order chi connectivity index (χ1) is 10.1. The molecule has 0 aliphatic heterocycles. The maximum atomic E-state index is 12.3. The third-order valence-corrected chi connectivity index (χ3v) is 5.45. The molecule has 1 amide bonds. The summed E-state index contributed by atoms with van der Waals surface area (Å²) in [6.07, 6.45) is 0. The number of amides is 1. The molecule has 2 aromatic rings. The highest BCUT2D eigenvalue weighted by atomic mass is 32.2. The molecule has 0 radical (unpaired) electrons. The Hall–Kier alpha value is -1.14. The molecule has 2 heterocycles. The fourth-order valence-corrected chi connectivity index (χ4v) is 4.28. The second-order valence-corrected chi connectivity index (χ2v) is 9.07. The van der Waals surface area contributed by atoms with Crippen LogP contribution in [0.3, 0.4) is 0 Å². The molecule has 2 rings (SSSR count). The van der Waals surface area contributed by atoms with Gasteiger partial charge in [0.1, 0.15) is 15.7 Å². The van der Waals surface area contributed by atoms with Crippen LogP contribution in [0.4, 0.5) is 0 Å². The van der Waals surface area contributed by atoms with E-state index in [-0.39, 0.29) is 16.7 Å². The number of fused-ring (bicyclic) bond motifs is 1. The van der Waals surface area contributed by atoms with Crippen LogP contribution in [0.15, 0.2) is 5.03 Å². The highest BCUT2D eigenvalue weighted by Gasteiger charge is 2.23. The van der Waals surface area contributed by atoms with Crippen molar-refractivity contribution in [1.29, 1.82) is 0 Å². The van der Waals surface area contributed by atoms with Gasteiger partial charge in [-0.1, -0.05) is 11.8 Å². The van der Waals surface area contributed by atoms with E-state index in [1.165, 1.54) is 22.2 Å². The van der Waals surface area contributed by atoms with Crippen molar-refractivity contribution in [1.82, 2.24) is 15.3 Å². The summed E-state index contributed by atoms with van der Waals surface area (Å²) in [6, 6.07) is 0. The van der Waals surface area contributed by atoms with Gasteiger partial charge in [0.05, 0.1) is 5.25 Å². The van der Waals surface area contributed by atoms with Crippen molar-refractivity contribution >= 4 is 39.2 Å². The lowest BCUT2D eigenvalue weighted by atomic mass is 10.1. The third-order valence-electron chi connectivity index (χ3n) is 3.26. The highest BCUT2D eigenvalue weighted by molar-refractivity contribution is 8.00. The van der Waals surface area contributed by atoms with Crippen molar-refractivity contribution in [3.63, 3.8) is 0 Å². The van der Waals surface area contributed by atoms with Crippen molar-refractivity contribution in [2.75, 3.05) is 0 Å². The Morgan fingerprint density at radius 2 is 1.86 bits per heavy atom. The monoisotopic (exact) mass is 337 g/mol. The van der Waals surface area contributed by atoms with E-state index in [1.807, 2.05) is 34.6 Å². The van der Waals surface area contributed by atoms with Gasteiger partial charge in [0, 0.05) is 15.8 Å². The second-order valence-electron chi connectivity index (χ2n) is 6.54. The number of hydrogen-bond donors (Lipinski definition) is 1. The van der Waals surface area contributed by atoms with E-state index in [9.17, 15) is 4.79 Å². The lowest BCUT2D eigenvalue weighted by Gasteiger charge is -2.23. The molecule has 0 bridgehead atoms. The first kappa shape index (κ1) is 17.2. The third kappa shape index (κ3) is 3.79. The molecular formula is C16H23N3OS2. The van der Waals surface area contributed by atoms with Gasteiger partial charge in [0.25, 0.3) is 0 Å². The summed E-state index contributed by atoms with van der Waals surface area (Å²) in [5, 5.41) is 4.82. The Bertz CT molecular complexity index is 716. The van der Waals surface area contributed by atoms with Gasteiger partial charge in [0.15, 0.2) is 0 Å². The number of carbonyl (C=O) groups excluding carboxylic acids is 1. The second kappa shape index (κ2) is 6.16. The maximum Gasteiger partial charge on any atom is 0.233 e. The van der Waals surface area contributed by atoms with Crippen molar-refractivity contribution in [2.24, 2.45) is 0 Å². The smallest absolute Gasteiger partial charge is 0.233 e. The summed E-state index contributed by atoms with van der Waals surface area (Å²) in [4.78, 5) is 23.7. The van der Waals surface area contributed by atoms with Crippen LogP contribution in [-0.2, 0) is 4.79 Å². The van der Waals surface area contributed by atoms with Crippen LogP contribution >= 0.6 is 23.1 Å². The van der Waals surface area contributed by atoms with Gasteiger partial charge in [-0.25, -0.2) is 9.97 Å².